The molecule has 0 radical (unpaired) electrons. The number of aromatic nitrogens is 1. The molecule has 7 heteroatoms. The van der Waals surface area contributed by atoms with Crippen molar-refractivity contribution in [2.45, 2.75) is 6.92 Å². The van der Waals surface area contributed by atoms with Crippen molar-refractivity contribution >= 4 is 34.2 Å². The minimum Gasteiger partial charge on any atom is -0.493 e. The number of benzene rings is 1. The molecule has 0 aliphatic heterocycles. The van der Waals surface area contributed by atoms with Gasteiger partial charge in [0, 0.05) is 18.4 Å². The smallest absolute Gasteiger partial charge is 0.250 e. The predicted octanol–water partition coefficient (Wildman–Crippen LogP) is 3.57. The first-order chi connectivity index (χ1) is 12.0. The number of nitrogens with zero attached hydrogens (tertiary/aromatic N) is 1. The molecule has 2 aromatic rings. The third kappa shape index (κ3) is 5.29. The van der Waals surface area contributed by atoms with Crippen molar-refractivity contribution in [1.29, 1.82) is 0 Å². The third-order valence-electron chi connectivity index (χ3n) is 3.07. The zero-order chi connectivity index (χ0) is 18.2. The van der Waals surface area contributed by atoms with E-state index < -0.39 is 0 Å². The molecule has 1 amide bonds. The lowest BCUT2D eigenvalue weighted by molar-refractivity contribution is -0.111. The Morgan fingerprint density at radius 1 is 1.36 bits per heavy atom. The maximum Gasteiger partial charge on any atom is 0.250 e. The molecule has 0 spiro atoms. The van der Waals surface area contributed by atoms with E-state index in [2.05, 4.69) is 16.9 Å². The second kappa shape index (κ2) is 8.79. The van der Waals surface area contributed by atoms with Crippen LogP contribution in [-0.2, 0) is 4.79 Å². The van der Waals surface area contributed by atoms with Gasteiger partial charge in [-0.15, -0.1) is 11.3 Å². The van der Waals surface area contributed by atoms with Crippen molar-refractivity contribution in [3.8, 4) is 11.5 Å². The normalized spacial score (nSPS) is 10.5. The van der Waals surface area contributed by atoms with Crippen LogP contribution in [0.1, 0.15) is 23.0 Å². The summed E-state index contributed by atoms with van der Waals surface area (Å²) in [5.74, 6) is 0.688. The van der Waals surface area contributed by atoms with Crippen LogP contribution in [0.25, 0.3) is 6.08 Å². The van der Waals surface area contributed by atoms with E-state index in [9.17, 15) is 9.59 Å². The van der Waals surface area contributed by atoms with Gasteiger partial charge in [0.05, 0.1) is 7.11 Å². The van der Waals surface area contributed by atoms with Crippen LogP contribution in [0.3, 0.4) is 0 Å². The molecule has 6 nitrogen and oxygen atoms in total. The summed E-state index contributed by atoms with van der Waals surface area (Å²) >= 11 is 1.20. The largest absolute Gasteiger partial charge is 0.493 e. The highest BCUT2D eigenvalue weighted by Gasteiger charge is 2.08. The van der Waals surface area contributed by atoms with Gasteiger partial charge in [0.2, 0.25) is 5.91 Å². The van der Waals surface area contributed by atoms with E-state index in [1.165, 1.54) is 24.3 Å². The first kappa shape index (κ1) is 18.4. The Morgan fingerprint density at radius 2 is 2.16 bits per heavy atom. The summed E-state index contributed by atoms with van der Waals surface area (Å²) in [6, 6.07) is 5.33. The second-order valence-electron chi connectivity index (χ2n) is 4.93. The number of hydrogen-bond donors (Lipinski definition) is 1. The van der Waals surface area contributed by atoms with E-state index >= 15 is 0 Å². The first-order valence-electron chi connectivity index (χ1n) is 7.40. The number of thiazole rings is 1. The van der Waals surface area contributed by atoms with E-state index in [1.807, 2.05) is 6.07 Å². The average molecular weight is 358 g/mol. The number of nitrogens with one attached hydrogen (secondary N) is 1. The molecule has 0 aliphatic rings. The summed E-state index contributed by atoms with van der Waals surface area (Å²) in [6.07, 6.45) is 4.68. The average Bonchev–Trinajstić information content (AvgIpc) is 3.07. The number of carbonyl (C=O) groups excluding carboxylic acids is 2. The molecule has 0 saturated carbocycles. The summed E-state index contributed by atoms with van der Waals surface area (Å²) < 4.78 is 10.8. The van der Waals surface area contributed by atoms with E-state index in [4.69, 9.17) is 9.47 Å². The van der Waals surface area contributed by atoms with Crippen LogP contribution in [0.2, 0.25) is 0 Å². The van der Waals surface area contributed by atoms with Crippen LogP contribution in [-0.4, -0.2) is 30.4 Å². The molecule has 0 unspecified atom stereocenters. The minimum absolute atomic E-state index is 0.141. The molecule has 1 N–H and O–H groups in total. The molecule has 0 bridgehead atoms. The summed E-state index contributed by atoms with van der Waals surface area (Å²) in [4.78, 5) is 27.2. The summed E-state index contributed by atoms with van der Waals surface area (Å²) in [5, 5.41) is 4.60. The number of Topliss-reactive ketones (excluding diaryl/α,β-unsaturated/α-hetero) is 1. The van der Waals surface area contributed by atoms with Gasteiger partial charge in [-0.3, -0.25) is 14.9 Å². The lowest BCUT2D eigenvalue weighted by Crippen LogP contribution is -2.07. The Labute approximate surface area is 149 Å². The Kier molecular flexibility index (Phi) is 6.47. The highest BCUT2D eigenvalue weighted by molar-refractivity contribution is 7.14. The summed E-state index contributed by atoms with van der Waals surface area (Å²) in [7, 11) is 1.55. The van der Waals surface area contributed by atoms with Gasteiger partial charge in [-0.2, -0.15) is 0 Å². The molecule has 0 saturated heterocycles. The molecule has 0 atom stereocenters. The number of carbonyl (C=O) groups is 2. The highest BCUT2D eigenvalue weighted by Crippen LogP contribution is 2.28. The van der Waals surface area contributed by atoms with Gasteiger partial charge in [-0.05, 0) is 23.8 Å². The molecule has 0 aliphatic carbocycles. The zero-order valence-electron chi connectivity index (χ0n) is 13.9. The monoisotopic (exact) mass is 358 g/mol. The lowest BCUT2D eigenvalue weighted by atomic mass is 10.2. The van der Waals surface area contributed by atoms with Gasteiger partial charge in [0.1, 0.15) is 12.3 Å². The summed E-state index contributed by atoms with van der Waals surface area (Å²) in [5.41, 5.74) is 1.12. The van der Waals surface area contributed by atoms with Crippen molar-refractivity contribution < 1.29 is 19.1 Å². The summed E-state index contributed by atoms with van der Waals surface area (Å²) in [6.45, 7) is 5.40. The number of ether oxygens (including phenoxy) is 2. The van der Waals surface area contributed by atoms with Gasteiger partial charge in [-0.1, -0.05) is 18.7 Å². The van der Waals surface area contributed by atoms with E-state index in [-0.39, 0.29) is 11.7 Å². The third-order valence-corrected chi connectivity index (χ3v) is 3.82. The Bertz CT molecular complexity index is 811. The fraction of sp³-hybridized carbons (Fsp3) is 0.167. The number of amides is 1. The van der Waals surface area contributed by atoms with E-state index in [1.54, 1.807) is 36.8 Å². The van der Waals surface area contributed by atoms with Crippen molar-refractivity contribution in [2.75, 3.05) is 19.0 Å². The quantitative estimate of drug-likeness (QED) is 0.443. The van der Waals surface area contributed by atoms with Crippen LogP contribution in [0.4, 0.5) is 5.13 Å². The number of methoxy groups -OCH3 is 1. The molecule has 0 fully saturated rings. The number of anilines is 1. The molecule has 25 heavy (non-hydrogen) atoms. The van der Waals surface area contributed by atoms with Gasteiger partial charge >= 0.3 is 0 Å². The lowest BCUT2D eigenvalue weighted by Gasteiger charge is -2.09. The predicted molar refractivity (Wildman–Crippen MR) is 98.5 cm³/mol. The zero-order valence-corrected chi connectivity index (χ0v) is 14.8. The van der Waals surface area contributed by atoms with Crippen molar-refractivity contribution in [3.05, 3.63) is 53.6 Å². The van der Waals surface area contributed by atoms with Crippen LogP contribution >= 0.6 is 11.3 Å². The standard InChI is InChI=1S/C18H18N2O4S/c1-4-9-24-15-7-5-13(10-16(15)23-3)6-8-17(22)20-18-19-14(11-25-18)12(2)21/h4-8,10-11H,1,9H2,2-3H3,(H,19,20,22)/b8-6+. The SMILES string of the molecule is C=CCOc1ccc(/C=C/C(=O)Nc2nc(C(C)=O)cs2)cc1OC. The van der Waals surface area contributed by atoms with Crippen LogP contribution in [0.15, 0.2) is 42.3 Å². The first-order valence-corrected chi connectivity index (χ1v) is 8.28. The molecule has 130 valence electrons. The highest BCUT2D eigenvalue weighted by atomic mass is 32.1. The second-order valence-corrected chi connectivity index (χ2v) is 5.78. The molecule has 2 rings (SSSR count). The number of rotatable bonds is 8. The van der Waals surface area contributed by atoms with Crippen molar-refractivity contribution in [2.24, 2.45) is 0 Å². The van der Waals surface area contributed by atoms with Gasteiger partial charge in [0.25, 0.3) is 0 Å². The van der Waals surface area contributed by atoms with Crippen molar-refractivity contribution in [1.82, 2.24) is 4.98 Å². The van der Waals surface area contributed by atoms with Gasteiger partial charge < -0.3 is 9.47 Å². The van der Waals surface area contributed by atoms with Crippen LogP contribution in [0.5, 0.6) is 11.5 Å². The molecule has 1 heterocycles. The maximum absolute atomic E-state index is 11.9. The van der Waals surface area contributed by atoms with Gasteiger partial charge in [0.15, 0.2) is 22.4 Å². The minimum atomic E-state index is -0.338. The van der Waals surface area contributed by atoms with Crippen LogP contribution < -0.4 is 14.8 Å². The fourth-order valence-electron chi connectivity index (χ4n) is 1.87. The Morgan fingerprint density at radius 3 is 2.80 bits per heavy atom. The topological polar surface area (TPSA) is 77.5 Å². The van der Waals surface area contributed by atoms with Gasteiger partial charge in [-0.25, -0.2) is 4.98 Å². The van der Waals surface area contributed by atoms with E-state index in [0.29, 0.717) is 28.9 Å². The molecule has 1 aromatic carbocycles. The van der Waals surface area contributed by atoms with Crippen molar-refractivity contribution in [3.63, 3.8) is 0 Å². The number of ketones is 1. The molecular weight excluding hydrogens is 340 g/mol. The molecular formula is C18H18N2O4S. The van der Waals surface area contributed by atoms with E-state index in [0.717, 1.165) is 5.56 Å². The molecule has 1 aromatic heterocycles. The number of hydrogen-bond acceptors (Lipinski definition) is 6. The maximum atomic E-state index is 11.9. The Hall–Kier alpha value is -2.93. The van der Waals surface area contributed by atoms with Crippen LogP contribution in [0, 0.1) is 0 Å². The Balaban J connectivity index is 2.03. The fourth-order valence-corrected chi connectivity index (χ4v) is 2.62.